The van der Waals surface area contributed by atoms with Crippen LogP contribution in [0.4, 0.5) is 0 Å². The fourth-order valence-corrected chi connectivity index (χ4v) is 1.45. The summed E-state index contributed by atoms with van der Waals surface area (Å²) in [4.78, 5) is 10.8. The molecule has 0 radical (unpaired) electrons. The lowest BCUT2D eigenvalue weighted by Gasteiger charge is -2.11. The second-order valence-corrected chi connectivity index (χ2v) is 3.92. The van der Waals surface area contributed by atoms with Crippen LogP contribution in [0.5, 0.6) is 0 Å². The van der Waals surface area contributed by atoms with Gasteiger partial charge in [-0.2, -0.15) is 0 Å². The molecule has 1 atom stereocenters. The Morgan fingerprint density at radius 3 is 2.62 bits per heavy atom. The summed E-state index contributed by atoms with van der Waals surface area (Å²) in [6.07, 6.45) is 0. The number of rotatable bonds is 3. The molecule has 1 rings (SSSR count). The van der Waals surface area contributed by atoms with Gasteiger partial charge in [-0.3, -0.25) is 4.79 Å². The van der Waals surface area contributed by atoms with Crippen LogP contribution in [-0.2, 0) is 4.79 Å². The van der Waals surface area contributed by atoms with Crippen molar-refractivity contribution in [1.82, 2.24) is 5.16 Å². The summed E-state index contributed by atoms with van der Waals surface area (Å²) in [5, 5.41) is 12.5. The van der Waals surface area contributed by atoms with Crippen molar-refractivity contribution in [2.45, 2.75) is 19.8 Å². The van der Waals surface area contributed by atoms with Gasteiger partial charge in [0.05, 0.1) is 0 Å². The number of carboxylic acids is 1. The lowest BCUT2D eigenvalue weighted by molar-refractivity contribution is -0.140. The Bertz CT molecular complexity index is 308. The lowest BCUT2D eigenvalue weighted by atomic mass is 9.94. The van der Waals surface area contributed by atoms with E-state index in [0.29, 0.717) is 10.4 Å². The van der Waals surface area contributed by atoms with E-state index in [0.717, 1.165) is 0 Å². The molecule has 0 saturated heterocycles. The van der Waals surface area contributed by atoms with Crippen LogP contribution in [0.2, 0.25) is 0 Å². The standard InChI is InChI=1S/C8H10BrNO3/c1-4(2)7(8(11)12)5-3-6(9)10-13-5/h3-4,7H,1-2H3,(H,11,12). The minimum atomic E-state index is -0.890. The lowest BCUT2D eigenvalue weighted by Crippen LogP contribution is -2.16. The van der Waals surface area contributed by atoms with Crippen LogP contribution in [0.3, 0.4) is 0 Å². The van der Waals surface area contributed by atoms with Crippen molar-refractivity contribution in [3.05, 3.63) is 16.4 Å². The zero-order chi connectivity index (χ0) is 10.0. The normalized spacial score (nSPS) is 13.2. The maximum Gasteiger partial charge on any atom is 0.314 e. The second kappa shape index (κ2) is 3.91. The van der Waals surface area contributed by atoms with Gasteiger partial charge in [0.15, 0.2) is 5.76 Å². The third-order valence-corrected chi connectivity index (χ3v) is 2.11. The minimum absolute atomic E-state index is 0.0163. The topological polar surface area (TPSA) is 63.3 Å². The number of nitrogens with zero attached hydrogens (tertiary/aromatic N) is 1. The van der Waals surface area contributed by atoms with Crippen LogP contribution >= 0.6 is 15.9 Å². The van der Waals surface area contributed by atoms with Gasteiger partial charge in [-0.25, -0.2) is 0 Å². The van der Waals surface area contributed by atoms with Crippen molar-refractivity contribution >= 4 is 21.9 Å². The zero-order valence-corrected chi connectivity index (χ0v) is 8.91. The van der Waals surface area contributed by atoms with Gasteiger partial charge < -0.3 is 9.63 Å². The van der Waals surface area contributed by atoms with Crippen molar-refractivity contribution in [2.24, 2.45) is 5.92 Å². The Kier molecular flexibility index (Phi) is 3.08. The first-order valence-electron chi connectivity index (χ1n) is 3.87. The van der Waals surface area contributed by atoms with Crippen LogP contribution in [0.15, 0.2) is 15.2 Å². The Balaban J connectivity index is 2.95. The molecule has 4 nitrogen and oxygen atoms in total. The molecule has 0 aromatic carbocycles. The Hall–Kier alpha value is -0.840. The summed E-state index contributed by atoms with van der Waals surface area (Å²) >= 11 is 3.10. The third kappa shape index (κ3) is 2.30. The fraction of sp³-hybridized carbons (Fsp3) is 0.500. The second-order valence-electron chi connectivity index (χ2n) is 3.11. The van der Waals surface area contributed by atoms with E-state index in [4.69, 9.17) is 9.63 Å². The molecule has 1 heterocycles. The highest BCUT2D eigenvalue weighted by molar-refractivity contribution is 9.10. The van der Waals surface area contributed by atoms with Gasteiger partial charge in [0.2, 0.25) is 0 Å². The molecule has 72 valence electrons. The van der Waals surface area contributed by atoms with Crippen LogP contribution in [0.1, 0.15) is 25.5 Å². The summed E-state index contributed by atoms with van der Waals surface area (Å²) in [6, 6.07) is 1.58. The molecule has 0 amide bonds. The molecule has 0 saturated carbocycles. The Morgan fingerprint density at radius 1 is 1.69 bits per heavy atom. The van der Waals surface area contributed by atoms with E-state index in [2.05, 4.69) is 21.1 Å². The fourth-order valence-electron chi connectivity index (χ4n) is 1.15. The molecule has 1 unspecified atom stereocenters. The van der Waals surface area contributed by atoms with Crippen molar-refractivity contribution in [3.8, 4) is 0 Å². The Labute approximate surface area is 84.0 Å². The van der Waals surface area contributed by atoms with E-state index in [9.17, 15) is 4.79 Å². The smallest absolute Gasteiger partial charge is 0.314 e. The third-order valence-electron chi connectivity index (χ3n) is 1.74. The van der Waals surface area contributed by atoms with E-state index in [1.807, 2.05) is 13.8 Å². The predicted octanol–water partition coefficient (Wildman–Crippen LogP) is 2.26. The molecular formula is C8H10BrNO3. The molecule has 0 fully saturated rings. The number of aliphatic carboxylic acids is 1. The van der Waals surface area contributed by atoms with E-state index >= 15 is 0 Å². The first kappa shape index (κ1) is 10.2. The number of halogens is 1. The highest BCUT2D eigenvalue weighted by atomic mass is 79.9. The van der Waals surface area contributed by atoms with Gasteiger partial charge in [-0.05, 0) is 21.8 Å². The molecule has 0 bridgehead atoms. The monoisotopic (exact) mass is 247 g/mol. The number of carboxylic acid groups (broad SMARTS) is 1. The number of hydrogen-bond donors (Lipinski definition) is 1. The molecule has 0 aliphatic heterocycles. The molecular weight excluding hydrogens is 238 g/mol. The zero-order valence-electron chi connectivity index (χ0n) is 7.32. The van der Waals surface area contributed by atoms with E-state index in [1.165, 1.54) is 0 Å². The molecule has 0 spiro atoms. The van der Waals surface area contributed by atoms with Gasteiger partial charge in [0, 0.05) is 6.07 Å². The van der Waals surface area contributed by atoms with Crippen LogP contribution < -0.4 is 0 Å². The molecule has 1 N–H and O–H groups in total. The summed E-state index contributed by atoms with van der Waals surface area (Å²) in [5.74, 6) is -1.15. The van der Waals surface area contributed by atoms with Crippen LogP contribution in [0, 0.1) is 5.92 Å². The number of aromatic nitrogens is 1. The van der Waals surface area contributed by atoms with Gasteiger partial charge in [0.1, 0.15) is 10.5 Å². The highest BCUT2D eigenvalue weighted by Gasteiger charge is 2.27. The highest BCUT2D eigenvalue weighted by Crippen LogP contribution is 2.26. The molecule has 0 aliphatic rings. The molecule has 5 heteroatoms. The average molecular weight is 248 g/mol. The maximum absolute atomic E-state index is 10.8. The first-order valence-corrected chi connectivity index (χ1v) is 4.66. The molecule has 1 aromatic rings. The van der Waals surface area contributed by atoms with Gasteiger partial charge in [-0.1, -0.05) is 19.0 Å². The molecule has 13 heavy (non-hydrogen) atoms. The van der Waals surface area contributed by atoms with Crippen molar-refractivity contribution < 1.29 is 14.4 Å². The minimum Gasteiger partial charge on any atom is -0.481 e. The average Bonchev–Trinajstić information content (AvgIpc) is 2.34. The first-order chi connectivity index (χ1) is 6.02. The summed E-state index contributed by atoms with van der Waals surface area (Å²) in [5.41, 5.74) is 0. The summed E-state index contributed by atoms with van der Waals surface area (Å²) in [6.45, 7) is 3.66. The van der Waals surface area contributed by atoms with Gasteiger partial charge in [-0.15, -0.1) is 0 Å². The van der Waals surface area contributed by atoms with Gasteiger partial charge in [0.25, 0.3) is 0 Å². The number of hydrogen-bond acceptors (Lipinski definition) is 3. The van der Waals surface area contributed by atoms with E-state index < -0.39 is 11.9 Å². The summed E-state index contributed by atoms with van der Waals surface area (Å²) in [7, 11) is 0. The SMILES string of the molecule is CC(C)C(C(=O)O)c1cc(Br)no1. The van der Waals surface area contributed by atoms with Crippen LogP contribution in [0.25, 0.3) is 0 Å². The Morgan fingerprint density at radius 2 is 2.31 bits per heavy atom. The molecule has 1 aromatic heterocycles. The largest absolute Gasteiger partial charge is 0.481 e. The van der Waals surface area contributed by atoms with Gasteiger partial charge >= 0.3 is 5.97 Å². The number of carbonyl (C=O) groups is 1. The van der Waals surface area contributed by atoms with Crippen molar-refractivity contribution in [1.29, 1.82) is 0 Å². The predicted molar refractivity (Wildman–Crippen MR) is 49.4 cm³/mol. The van der Waals surface area contributed by atoms with E-state index in [1.54, 1.807) is 6.07 Å². The molecule has 0 aliphatic carbocycles. The van der Waals surface area contributed by atoms with E-state index in [-0.39, 0.29) is 5.92 Å². The van der Waals surface area contributed by atoms with Crippen LogP contribution in [-0.4, -0.2) is 16.2 Å². The van der Waals surface area contributed by atoms with Crippen molar-refractivity contribution in [2.75, 3.05) is 0 Å². The quantitative estimate of drug-likeness (QED) is 0.890. The van der Waals surface area contributed by atoms with Crippen molar-refractivity contribution in [3.63, 3.8) is 0 Å². The summed E-state index contributed by atoms with van der Waals surface area (Å²) < 4.78 is 5.39. The maximum atomic E-state index is 10.8.